The Hall–Kier alpha value is -0.900. The first-order valence-corrected chi connectivity index (χ1v) is 7.39. The lowest BCUT2D eigenvalue weighted by Crippen LogP contribution is -2.29. The van der Waals surface area contributed by atoms with Gasteiger partial charge in [-0.25, -0.2) is 0 Å². The van der Waals surface area contributed by atoms with Crippen LogP contribution in [0.2, 0.25) is 5.02 Å². The van der Waals surface area contributed by atoms with Crippen LogP contribution in [0.3, 0.4) is 0 Å². The third-order valence-electron chi connectivity index (χ3n) is 2.44. The van der Waals surface area contributed by atoms with E-state index in [0.29, 0.717) is 6.04 Å². The van der Waals surface area contributed by atoms with Gasteiger partial charge in [0.15, 0.2) is 0 Å². The molecule has 1 nitrogen and oxygen atoms in total. The summed E-state index contributed by atoms with van der Waals surface area (Å²) < 4.78 is 0. The van der Waals surface area contributed by atoms with Crippen molar-refractivity contribution in [2.75, 3.05) is 0 Å². The van der Waals surface area contributed by atoms with Crippen LogP contribution in [0.5, 0.6) is 0 Å². The monoisotopic (exact) mass is 295 g/mol. The molecule has 2 rings (SSSR count). The lowest BCUT2D eigenvalue weighted by Gasteiger charge is -2.12. The van der Waals surface area contributed by atoms with Crippen molar-refractivity contribution in [3.05, 3.63) is 46.3 Å². The number of thiophene rings is 1. The van der Waals surface area contributed by atoms with Gasteiger partial charge in [0, 0.05) is 21.5 Å². The van der Waals surface area contributed by atoms with Gasteiger partial charge in [-0.3, -0.25) is 0 Å². The summed E-state index contributed by atoms with van der Waals surface area (Å²) >= 11 is 13.0. The maximum atomic E-state index is 5.91. The van der Waals surface area contributed by atoms with E-state index in [1.165, 1.54) is 4.88 Å². The summed E-state index contributed by atoms with van der Waals surface area (Å²) in [5.41, 5.74) is 2.24. The molecule has 0 spiro atoms. The first-order valence-electron chi connectivity index (χ1n) is 5.72. The highest BCUT2D eigenvalue weighted by atomic mass is 35.5. The van der Waals surface area contributed by atoms with Crippen LogP contribution in [0.25, 0.3) is 10.4 Å². The van der Waals surface area contributed by atoms with Crippen molar-refractivity contribution in [2.45, 2.75) is 19.9 Å². The number of nitrogens with one attached hydrogen (secondary N) is 1. The molecule has 0 radical (unpaired) electrons. The molecule has 1 aromatic heterocycles. The largest absolute Gasteiger partial charge is 0.374 e. The Kier molecular flexibility index (Phi) is 4.38. The van der Waals surface area contributed by atoms with Gasteiger partial charge < -0.3 is 5.32 Å². The molecule has 1 heterocycles. The predicted octanol–water partition coefficient (Wildman–Crippen LogP) is 4.74. The molecule has 2 aromatic rings. The highest BCUT2D eigenvalue weighted by Gasteiger charge is 2.11. The number of rotatable bonds is 3. The SMILES string of the molecule is CC(C)NC(=S)c1ccsc1-c1ccc(Cl)cc1. The van der Waals surface area contributed by atoms with E-state index < -0.39 is 0 Å². The van der Waals surface area contributed by atoms with Crippen LogP contribution in [0.1, 0.15) is 19.4 Å². The Labute approximate surface area is 122 Å². The van der Waals surface area contributed by atoms with Crippen LogP contribution in [0.15, 0.2) is 35.7 Å². The van der Waals surface area contributed by atoms with Gasteiger partial charge in [0.1, 0.15) is 4.99 Å². The van der Waals surface area contributed by atoms with Gasteiger partial charge in [0.2, 0.25) is 0 Å². The molecule has 0 fully saturated rings. The number of hydrogen-bond donors (Lipinski definition) is 1. The minimum absolute atomic E-state index is 0.343. The molecule has 0 atom stereocenters. The number of benzene rings is 1. The number of thiocarbonyl (C=S) groups is 1. The molecular formula is C14H14ClNS2. The summed E-state index contributed by atoms with van der Waals surface area (Å²) in [5, 5.41) is 6.09. The maximum Gasteiger partial charge on any atom is 0.108 e. The fourth-order valence-electron chi connectivity index (χ4n) is 1.65. The first-order chi connectivity index (χ1) is 8.58. The molecular weight excluding hydrogens is 282 g/mol. The van der Waals surface area contributed by atoms with Crippen molar-refractivity contribution in [2.24, 2.45) is 0 Å². The zero-order chi connectivity index (χ0) is 13.1. The van der Waals surface area contributed by atoms with Crippen LogP contribution in [-0.2, 0) is 0 Å². The van der Waals surface area contributed by atoms with Crippen LogP contribution >= 0.6 is 35.2 Å². The molecule has 0 bridgehead atoms. The smallest absolute Gasteiger partial charge is 0.108 e. The van der Waals surface area contributed by atoms with Crippen molar-refractivity contribution in [1.29, 1.82) is 0 Å². The van der Waals surface area contributed by atoms with E-state index in [0.717, 1.165) is 21.1 Å². The highest BCUT2D eigenvalue weighted by molar-refractivity contribution is 7.80. The second-order valence-corrected chi connectivity index (χ2v) is 6.06. The van der Waals surface area contributed by atoms with E-state index in [1.54, 1.807) is 11.3 Å². The van der Waals surface area contributed by atoms with Crippen LogP contribution < -0.4 is 5.32 Å². The van der Waals surface area contributed by atoms with Gasteiger partial charge in [-0.1, -0.05) is 36.0 Å². The van der Waals surface area contributed by atoms with Crippen molar-refractivity contribution < 1.29 is 0 Å². The molecule has 0 aliphatic heterocycles. The van der Waals surface area contributed by atoms with Gasteiger partial charge in [0.05, 0.1) is 0 Å². The van der Waals surface area contributed by atoms with Crippen molar-refractivity contribution in [1.82, 2.24) is 5.32 Å². The van der Waals surface area contributed by atoms with Crippen molar-refractivity contribution in [3.8, 4) is 10.4 Å². The van der Waals surface area contributed by atoms with E-state index in [4.69, 9.17) is 23.8 Å². The molecule has 0 saturated carbocycles. The molecule has 1 N–H and O–H groups in total. The van der Waals surface area contributed by atoms with E-state index in [2.05, 4.69) is 30.6 Å². The molecule has 18 heavy (non-hydrogen) atoms. The summed E-state index contributed by atoms with van der Waals surface area (Å²) in [6.45, 7) is 4.17. The third-order valence-corrected chi connectivity index (χ3v) is 3.99. The van der Waals surface area contributed by atoms with Crippen LogP contribution in [0.4, 0.5) is 0 Å². The second-order valence-electron chi connectivity index (χ2n) is 4.30. The molecule has 0 aliphatic rings. The summed E-state index contributed by atoms with van der Waals surface area (Å²) in [6, 6.07) is 10.3. The minimum atomic E-state index is 0.343. The zero-order valence-electron chi connectivity index (χ0n) is 10.2. The van der Waals surface area contributed by atoms with Crippen molar-refractivity contribution in [3.63, 3.8) is 0 Å². The van der Waals surface area contributed by atoms with Gasteiger partial charge in [0.25, 0.3) is 0 Å². The quantitative estimate of drug-likeness (QED) is 0.821. The van der Waals surface area contributed by atoms with Gasteiger partial charge in [-0.15, -0.1) is 11.3 Å². The molecule has 94 valence electrons. The lowest BCUT2D eigenvalue weighted by atomic mass is 10.1. The summed E-state index contributed by atoms with van der Waals surface area (Å²) in [4.78, 5) is 1.99. The maximum absolute atomic E-state index is 5.91. The van der Waals surface area contributed by atoms with Gasteiger partial charge in [-0.05, 0) is 43.0 Å². The summed E-state index contributed by atoms with van der Waals surface area (Å²) in [7, 11) is 0. The van der Waals surface area contributed by atoms with E-state index in [-0.39, 0.29) is 0 Å². The first kappa shape index (κ1) is 13.5. The minimum Gasteiger partial charge on any atom is -0.374 e. The number of hydrogen-bond acceptors (Lipinski definition) is 2. The third kappa shape index (κ3) is 3.10. The fraction of sp³-hybridized carbons (Fsp3) is 0.214. The summed E-state index contributed by atoms with van der Waals surface area (Å²) in [6.07, 6.45) is 0. The molecule has 0 unspecified atom stereocenters. The second kappa shape index (κ2) is 5.83. The average molecular weight is 296 g/mol. The van der Waals surface area contributed by atoms with Gasteiger partial charge >= 0.3 is 0 Å². The Morgan fingerprint density at radius 1 is 1.22 bits per heavy atom. The standard InChI is InChI=1S/C14H14ClNS2/c1-9(2)16-14(17)12-7-8-18-13(12)10-3-5-11(15)6-4-10/h3-9H,1-2H3,(H,16,17). The highest BCUT2D eigenvalue weighted by Crippen LogP contribution is 2.30. The Morgan fingerprint density at radius 3 is 2.50 bits per heavy atom. The number of halogens is 1. The fourth-order valence-corrected chi connectivity index (χ4v) is 3.16. The predicted molar refractivity (Wildman–Crippen MR) is 84.7 cm³/mol. The molecule has 0 amide bonds. The Bertz CT molecular complexity index is 543. The van der Waals surface area contributed by atoms with E-state index in [9.17, 15) is 0 Å². The Balaban J connectivity index is 2.33. The molecule has 0 aliphatic carbocycles. The van der Waals surface area contributed by atoms with Gasteiger partial charge in [-0.2, -0.15) is 0 Å². The van der Waals surface area contributed by atoms with Crippen LogP contribution in [0, 0.1) is 0 Å². The Morgan fingerprint density at radius 2 is 1.89 bits per heavy atom. The lowest BCUT2D eigenvalue weighted by molar-refractivity contribution is 0.741. The van der Waals surface area contributed by atoms with Crippen molar-refractivity contribution >= 4 is 40.1 Å². The van der Waals surface area contributed by atoms with E-state index in [1.807, 2.05) is 24.3 Å². The average Bonchev–Trinajstić information content (AvgIpc) is 2.78. The normalized spacial score (nSPS) is 10.7. The van der Waals surface area contributed by atoms with E-state index >= 15 is 0 Å². The molecule has 1 aromatic carbocycles. The molecule has 4 heteroatoms. The summed E-state index contributed by atoms with van der Waals surface area (Å²) in [5.74, 6) is 0. The van der Waals surface area contributed by atoms with Crippen LogP contribution in [-0.4, -0.2) is 11.0 Å². The topological polar surface area (TPSA) is 12.0 Å². The molecule has 0 saturated heterocycles. The zero-order valence-corrected chi connectivity index (χ0v) is 12.6.